The predicted octanol–water partition coefficient (Wildman–Crippen LogP) is 4.62. The van der Waals surface area contributed by atoms with Gasteiger partial charge in [0, 0.05) is 17.3 Å². The molecule has 0 aliphatic carbocycles. The lowest BCUT2D eigenvalue weighted by Crippen LogP contribution is -2.06. The smallest absolute Gasteiger partial charge is 0.257 e. The monoisotopic (exact) mass is 381 g/mol. The number of nitrogens with one attached hydrogen (secondary N) is 1. The van der Waals surface area contributed by atoms with Gasteiger partial charge < -0.3 is 10.7 Å². The van der Waals surface area contributed by atoms with Crippen molar-refractivity contribution >= 4 is 22.5 Å². The fourth-order valence-electron chi connectivity index (χ4n) is 2.81. The van der Waals surface area contributed by atoms with Crippen molar-refractivity contribution in [1.29, 1.82) is 0 Å². The first kappa shape index (κ1) is 18.8. The molecule has 0 amide bonds. The number of nitrogens with zero attached hydrogens (tertiary/aromatic N) is 1. The average molecular weight is 382 g/mol. The van der Waals surface area contributed by atoms with Crippen molar-refractivity contribution in [2.45, 2.75) is 0 Å². The Hall–Kier alpha value is -3.02. The number of pyridine rings is 2. The molecule has 6 heteroatoms. The van der Waals surface area contributed by atoms with Crippen LogP contribution in [-0.2, 0) is 0 Å². The number of aromatic amines is 1. The number of H-pyrrole nitrogens is 1. The summed E-state index contributed by atoms with van der Waals surface area (Å²) in [6.07, 6.45) is 1.55. The van der Waals surface area contributed by atoms with Gasteiger partial charge in [0.2, 0.25) is 0 Å². The second kappa shape index (κ2) is 8.12. The molecule has 2 heterocycles. The molecule has 2 aromatic carbocycles. The minimum absolute atomic E-state index is 0.0576. The molecule has 136 valence electrons. The number of hydrogen-bond acceptors (Lipinski definition) is 3. The van der Waals surface area contributed by atoms with Gasteiger partial charge in [-0.25, -0.2) is 9.37 Å². The van der Waals surface area contributed by atoms with Crippen LogP contribution in [0.2, 0.25) is 5.02 Å². The molecule has 4 rings (SSSR count). The number of hydrogen-bond donors (Lipinski definition) is 2. The summed E-state index contributed by atoms with van der Waals surface area (Å²) in [6, 6.07) is 17.7. The minimum Gasteiger partial charge on any atom is -0.333 e. The zero-order valence-electron chi connectivity index (χ0n) is 14.5. The SMILES string of the molecule is CN.O=c1[nH]ccc2nc(-c3ccc(Cl)c(F)c3)c(-c3ccccc3)cc12. The molecule has 0 atom stereocenters. The zero-order valence-corrected chi connectivity index (χ0v) is 15.3. The van der Waals surface area contributed by atoms with E-state index >= 15 is 0 Å². The lowest BCUT2D eigenvalue weighted by atomic mass is 9.98. The van der Waals surface area contributed by atoms with Crippen LogP contribution in [0.1, 0.15) is 0 Å². The summed E-state index contributed by atoms with van der Waals surface area (Å²) in [6.45, 7) is 0. The molecular weight excluding hydrogens is 365 g/mol. The molecular formula is C21H17ClFN3O. The molecule has 3 N–H and O–H groups in total. The third-order valence-corrected chi connectivity index (χ3v) is 4.34. The fourth-order valence-corrected chi connectivity index (χ4v) is 2.93. The normalized spacial score (nSPS) is 10.4. The summed E-state index contributed by atoms with van der Waals surface area (Å²) >= 11 is 5.80. The van der Waals surface area contributed by atoms with Crippen molar-refractivity contribution in [1.82, 2.24) is 9.97 Å². The second-order valence-corrected chi connectivity index (χ2v) is 6.03. The number of fused-ring (bicyclic) bond motifs is 1. The van der Waals surface area contributed by atoms with Crippen molar-refractivity contribution in [2.24, 2.45) is 5.73 Å². The van der Waals surface area contributed by atoms with Gasteiger partial charge in [-0.15, -0.1) is 0 Å². The summed E-state index contributed by atoms with van der Waals surface area (Å²) in [5.74, 6) is -0.508. The summed E-state index contributed by atoms with van der Waals surface area (Å²) in [5.41, 5.74) is 7.68. The lowest BCUT2D eigenvalue weighted by Gasteiger charge is -2.11. The number of nitrogens with two attached hydrogens (primary N) is 1. The molecule has 0 saturated carbocycles. The highest BCUT2D eigenvalue weighted by molar-refractivity contribution is 6.30. The molecule has 2 aromatic heterocycles. The van der Waals surface area contributed by atoms with Crippen molar-refractivity contribution in [3.63, 3.8) is 0 Å². The van der Waals surface area contributed by atoms with E-state index in [1.54, 1.807) is 24.4 Å². The Balaban J connectivity index is 0.00000102. The Morgan fingerprint density at radius 2 is 1.74 bits per heavy atom. The van der Waals surface area contributed by atoms with Crippen LogP contribution in [0.25, 0.3) is 33.3 Å². The molecule has 0 unspecified atom stereocenters. The molecule has 0 radical (unpaired) electrons. The van der Waals surface area contributed by atoms with Gasteiger partial charge >= 0.3 is 0 Å². The summed E-state index contributed by atoms with van der Waals surface area (Å²) in [7, 11) is 1.50. The van der Waals surface area contributed by atoms with Gasteiger partial charge in [0.15, 0.2) is 0 Å². The molecule has 0 bridgehead atoms. The Bertz CT molecular complexity index is 1140. The molecule has 0 saturated heterocycles. The van der Waals surface area contributed by atoms with Crippen molar-refractivity contribution in [2.75, 3.05) is 7.05 Å². The first-order valence-corrected chi connectivity index (χ1v) is 8.62. The van der Waals surface area contributed by atoms with Crippen molar-refractivity contribution < 1.29 is 4.39 Å². The number of rotatable bonds is 2. The summed E-state index contributed by atoms with van der Waals surface area (Å²) in [5, 5.41) is 0.543. The second-order valence-electron chi connectivity index (χ2n) is 5.62. The Kier molecular flexibility index (Phi) is 5.64. The molecule has 4 nitrogen and oxygen atoms in total. The van der Waals surface area contributed by atoms with Gasteiger partial charge in [-0.2, -0.15) is 0 Å². The molecule has 27 heavy (non-hydrogen) atoms. The highest BCUT2D eigenvalue weighted by Gasteiger charge is 2.14. The van der Waals surface area contributed by atoms with Crippen LogP contribution in [0.5, 0.6) is 0 Å². The average Bonchev–Trinajstić information content (AvgIpc) is 2.72. The van der Waals surface area contributed by atoms with E-state index in [2.05, 4.69) is 15.7 Å². The molecule has 0 spiro atoms. The number of halogens is 2. The topological polar surface area (TPSA) is 71.8 Å². The van der Waals surface area contributed by atoms with Crippen LogP contribution in [0.4, 0.5) is 4.39 Å². The van der Waals surface area contributed by atoms with E-state index in [0.717, 1.165) is 11.1 Å². The maximum atomic E-state index is 14.0. The standard InChI is InChI=1S/C20H12ClFN2O.CH5N/c21-16-7-6-13(10-17(16)22)19-14(12-4-2-1-3-5-12)11-15-18(24-19)8-9-23-20(15)25;1-2/h1-11H,(H,23,25);2H2,1H3. The van der Waals surface area contributed by atoms with Crippen LogP contribution >= 0.6 is 11.6 Å². The van der Waals surface area contributed by atoms with E-state index in [9.17, 15) is 9.18 Å². The van der Waals surface area contributed by atoms with E-state index in [1.807, 2.05) is 30.3 Å². The first-order chi connectivity index (χ1) is 13.1. The number of aromatic nitrogens is 2. The Morgan fingerprint density at radius 3 is 2.44 bits per heavy atom. The van der Waals surface area contributed by atoms with Crippen LogP contribution < -0.4 is 11.3 Å². The maximum absolute atomic E-state index is 14.0. The van der Waals surface area contributed by atoms with Gasteiger partial charge in [-0.3, -0.25) is 4.79 Å². The third-order valence-electron chi connectivity index (χ3n) is 4.03. The van der Waals surface area contributed by atoms with Crippen molar-refractivity contribution in [3.8, 4) is 22.4 Å². The zero-order chi connectivity index (χ0) is 19.4. The van der Waals surface area contributed by atoms with Crippen LogP contribution in [0.3, 0.4) is 0 Å². The fraction of sp³-hybridized carbons (Fsp3) is 0.0476. The maximum Gasteiger partial charge on any atom is 0.257 e. The Morgan fingerprint density at radius 1 is 1.00 bits per heavy atom. The third kappa shape index (κ3) is 3.74. The molecule has 0 aliphatic rings. The van der Waals surface area contributed by atoms with E-state index in [0.29, 0.717) is 22.2 Å². The molecule has 4 aromatic rings. The molecule has 0 aliphatic heterocycles. The van der Waals surface area contributed by atoms with Gasteiger partial charge in [0.1, 0.15) is 5.82 Å². The van der Waals surface area contributed by atoms with Crippen LogP contribution in [0, 0.1) is 5.82 Å². The van der Waals surface area contributed by atoms with Gasteiger partial charge in [-0.1, -0.05) is 48.0 Å². The first-order valence-electron chi connectivity index (χ1n) is 8.24. The van der Waals surface area contributed by atoms with Gasteiger partial charge in [0.05, 0.1) is 21.6 Å². The predicted molar refractivity (Wildman–Crippen MR) is 108 cm³/mol. The Labute approximate surface area is 160 Å². The van der Waals surface area contributed by atoms with E-state index in [-0.39, 0.29) is 10.6 Å². The number of benzene rings is 2. The largest absolute Gasteiger partial charge is 0.333 e. The summed E-state index contributed by atoms with van der Waals surface area (Å²) < 4.78 is 14.0. The summed E-state index contributed by atoms with van der Waals surface area (Å²) in [4.78, 5) is 19.4. The van der Waals surface area contributed by atoms with Crippen molar-refractivity contribution in [3.05, 3.63) is 88.1 Å². The minimum atomic E-state index is -0.508. The van der Waals surface area contributed by atoms with Gasteiger partial charge in [0.25, 0.3) is 5.56 Å². The highest BCUT2D eigenvalue weighted by Crippen LogP contribution is 2.33. The van der Waals surface area contributed by atoms with Crippen LogP contribution in [-0.4, -0.2) is 17.0 Å². The van der Waals surface area contributed by atoms with E-state index < -0.39 is 5.82 Å². The quantitative estimate of drug-likeness (QED) is 0.532. The highest BCUT2D eigenvalue weighted by atomic mass is 35.5. The van der Waals surface area contributed by atoms with Gasteiger partial charge in [-0.05, 0) is 36.9 Å². The lowest BCUT2D eigenvalue weighted by molar-refractivity contribution is 0.628. The van der Waals surface area contributed by atoms with E-state index in [1.165, 1.54) is 19.2 Å². The molecule has 0 fully saturated rings. The van der Waals surface area contributed by atoms with E-state index in [4.69, 9.17) is 11.6 Å². The van der Waals surface area contributed by atoms with Crippen LogP contribution in [0.15, 0.2) is 71.7 Å².